The van der Waals surface area contributed by atoms with Crippen molar-refractivity contribution in [1.82, 2.24) is 20.6 Å². The Morgan fingerprint density at radius 2 is 2.18 bits per heavy atom. The molecule has 0 atom stereocenters. The fourth-order valence-electron chi connectivity index (χ4n) is 1.44. The second-order valence-corrected chi connectivity index (χ2v) is 5.12. The van der Waals surface area contributed by atoms with Crippen molar-refractivity contribution in [3.05, 3.63) is 39.2 Å². The standard InChI is InChI=1S/C11H5BrClF3N6/c12-7-1-6(11(14,15)16)2-8(13)9(7)18-4-5(3-17)10-19-21-22-20-10/h1-2,4,18H,(H,19,20,21,22). The van der Waals surface area contributed by atoms with Crippen LogP contribution < -0.4 is 5.32 Å². The lowest BCUT2D eigenvalue weighted by Gasteiger charge is -2.12. The topological polar surface area (TPSA) is 90.3 Å². The van der Waals surface area contributed by atoms with E-state index in [2.05, 4.69) is 41.9 Å². The maximum atomic E-state index is 12.7. The third-order valence-corrected chi connectivity index (χ3v) is 3.36. The summed E-state index contributed by atoms with van der Waals surface area (Å²) in [5.41, 5.74) is -0.694. The summed E-state index contributed by atoms with van der Waals surface area (Å²) in [5.74, 6) is 0.0363. The first-order chi connectivity index (χ1) is 10.3. The quantitative estimate of drug-likeness (QED) is 0.778. The number of anilines is 1. The highest BCUT2D eigenvalue weighted by Gasteiger charge is 2.31. The van der Waals surface area contributed by atoms with Gasteiger partial charge < -0.3 is 5.32 Å². The van der Waals surface area contributed by atoms with Crippen LogP contribution in [0, 0.1) is 11.3 Å². The van der Waals surface area contributed by atoms with Crippen molar-refractivity contribution >= 4 is 38.8 Å². The zero-order chi connectivity index (χ0) is 16.3. The van der Waals surface area contributed by atoms with Gasteiger partial charge in [-0.15, -0.1) is 10.2 Å². The first-order valence-corrected chi connectivity index (χ1v) is 6.67. The molecule has 1 aromatic carbocycles. The third kappa shape index (κ3) is 3.55. The van der Waals surface area contributed by atoms with E-state index in [0.717, 1.165) is 12.1 Å². The van der Waals surface area contributed by atoms with Crippen molar-refractivity contribution in [1.29, 1.82) is 5.26 Å². The van der Waals surface area contributed by atoms with Crippen LogP contribution in [0.1, 0.15) is 11.4 Å². The van der Waals surface area contributed by atoms with Crippen LogP contribution in [0.4, 0.5) is 18.9 Å². The number of aromatic amines is 1. The second kappa shape index (κ2) is 6.33. The second-order valence-electron chi connectivity index (χ2n) is 3.86. The molecule has 0 aliphatic rings. The van der Waals surface area contributed by atoms with Gasteiger partial charge in [0.1, 0.15) is 11.6 Å². The Balaban J connectivity index is 2.33. The molecule has 11 heteroatoms. The molecular weight excluding hydrogens is 389 g/mol. The number of nitriles is 1. The van der Waals surface area contributed by atoms with Crippen molar-refractivity contribution in [2.75, 3.05) is 5.32 Å². The Kier molecular flexibility index (Phi) is 4.68. The molecule has 0 saturated carbocycles. The van der Waals surface area contributed by atoms with Gasteiger partial charge in [-0.05, 0) is 33.3 Å². The van der Waals surface area contributed by atoms with Crippen LogP contribution in [0.25, 0.3) is 5.57 Å². The fourth-order valence-corrected chi connectivity index (χ4v) is 2.40. The maximum Gasteiger partial charge on any atom is 0.416 e. The molecule has 2 rings (SSSR count). The SMILES string of the molecule is N#CC(=CNc1c(Cl)cc(C(F)(F)F)cc1Br)c1nn[nH]n1. The molecule has 1 aromatic heterocycles. The summed E-state index contributed by atoms with van der Waals surface area (Å²) < 4.78 is 38.0. The van der Waals surface area contributed by atoms with Gasteiger partial charge in [0.05, 0.1) is 16.3 Å². The summed E-state index contributed by atoms with van der Waals surface area (Å²) in [7, 11) is 0. The van der Waals surface area contributed by atoms with Crippen molar-refractivity contribution in [3.8, 4) is 6.07 Å². The molecule has 2 aromatic rings. The van der Waals surface area contributed by atoms with Crippen molar-refractivity contribution < 1.29 is 13.2 Å². The smallest absolute Gasteiger partial charge is 0.358 e. The number of hydrogen-bond donors (Lipinski definition) is 2. The molecule has 6 nitrogen and oxygen atoms in total. The Labute approximate surface area is 135 Å². The lowest BCUT2D eigenvalue weighted by Crippen LogP contribution is -2.05. The normalized spacial score (nSPS) is 12.1. The van der Waals surface area contributed by atoms with Gasteiger partial charge in [0.2, 0.25) is 5.82 Å². The van der Waals surface area contributed by atoms with Gasteiger partial charge >= 0.3 is 6.18 Å². The highest BCUT2D eigenvalue weighted by atomic mass is 79.9. The molecular formula is C11H5BrClF3N6. The van der Waals surface area contributed by atoms with Crippen molar-refractivity contribution in [2.45, 2.75) is 6.18 Å². The van der Waals surface area contributed by atoms with Gasteiger partial charge in [-0.25, -0.2) is 0 Å². The number of H-pyrrole nitrogens is 1. The number of allylic oxidation sites excluding steroid dienone is 1. The van der Waals surface area contributed by atoms with Crippen molar-refractivity contribution in [2.24, 2.45) is 0 Å². The monoisotopic (exact) mass is 392 g/mol. The number of nitrogens with zero attached hydrogens (tertiary/aromatic N) is 4. The number of nitrogens with one attached hydrogen (secondary N) is 2. The summed E-state index contributed by atoms with van der Waals surface area (Å²) >= 11 is 8.84. The van der Waals surface area contributed by atoms with Gasteiger partial charge in [0.25, 0.3) is 0 Å². The number of tetrazole rings is 1. The molecule has 0 aliphatic heterocycles. The van der Waals surface area contributed by atoms with Gasteiger partial charge in [-0.1, -0.05) is 11.6 Å². The summed E-state index contributed by atoms with van der Waals surface area (Å²) in [6.07, 6.45) is -3.30. The highest BCUT2D eigenvalue weighted by molar-refractivity contribution is 9.10. The zero-order valence-electron chi connectivity index (χ0n) is 10.4. The molecule has 0 amide bonds. The first kappa shape index (κ1) is 16.3. The minimum atomic E-state index is -4.51. The molecule has 114 valence electrons. The number of halogens is 5. The minimum Gasteiger partial charge on any atom is -0.358 e. The number of aromatic nitrogens is 4. The van der Waals surface area contributed by atoms with E-state index in [1.165, 1.54) is 6.20 Å². The van der Waals surface area contributed by atoms with E-state index >= 15 is 0 Å². The average Bonchev–Trinajstić information content (AvgIpc) is 2.94. The Morgan fingerprint density at radius 3 is 2.68 bits per heavy atom. The molecule has 0 radical (unpaired) electrons. The van der Waals surface area contributed by atoms with Crippen LogP contribution in [0.3, 0.4) is 0 Å². The average molecular weight is 394 g/mol. The third-order valence-electron chi connectivity index (χ3n) is 2.44. The largest absolute Gasteiger partial charge is 0.416 e. The molecule has 0 unspecified atom stereocenters. The predicted octanol–water partition coefficient (Wildman–Crippen LogP) is 3.61. The first-order valence-electron chi connectivity index (χ1n) is 5.49. The molecule has 0 bridgehead atoms. The lowest BCUT2D eigenvalue weighted by molar-refractivity contribution is -0.137. The van der Waals surface area contributed by atoms with E-state index in [1.807, 2.05) is 6.07 Å². The predicted molar refractivity (Wildman–Crippen MR) is 75.5 cm³/mol. The molecule has 0 spiro atoms. The fraction of sp³-hybridized carbons (Fsp3) is 0.0909. The van der Waals surface area contributed by atoms with Gasteiger partial charge in [-0.3, -0.25) is 0 Å². The van der Waals surface area contributed by atoms with Crippen LogP contribution in [-0.4, -0.2) is 20.6 Å². The Bertz CT molecular complexity index is 727. The van der Waals surface area contributed by atoms with Crippen LogP contribution in [0.2, 0.25) is 5.02 Å². The number of hydrogen-bond acceptors (Lipinski definition) is 5. The van der Waals surface area contributed by atoms with Crippen molar-refractivity contribution in [3.63, 3.8) is 0 Å². The number of alkyl halides is 3. The minimum absolute atomic E-state index is 0.0246. The van der Waals surface area contributed by atoms with E-state index in [-0.39, 0.29) is 26.6 Å². The molecule has 1 heterocycles. The van der Waals surface area contributed by atoms with E-state index < -0.39 is 11.7 Å². The number of benzene rings is 1. The van der Waals surface area contributed by atoms with E-state index in [9.17, 15) is 13.2 Å². The highest BCUT2D eigenvalue weighted by Crippen LogP contribution is 2.38. The molecule has 0 saturated heterocycles. The van der Waals surface area contributed by atoms with Crippen LogP contribution in [0.5, 0.6) is 0 Å². The van der Waals surface area contributed by atoms with Crippen LogP contribution in [-0.2, 0) is 6.18 Å². The molecule has 2 N–H and O–H groups in total. The zero-order valence-corrected chi connectivity index (χ0v) is 12.8. The summed E-state index contributed by atoms with van der Waals surface area (Å²) in [6.45, 7) is 0. The van der Waals surface area contributed by atoms with Crippen LogP contribution >= 0.6 is 27.5 Å². The summed E-state index contributed by atoms with van der Waals surface area (Å²) in [5, 5.41) is 24.2. The molecule has 0 aliphatic carbocycles. The summed E-state index contributed by atoms with van der Waals surface area (Å²) in [4.78, 5) is 0. The Hall–Kier alpha value is -2.12. The summed E-state index contributed by atoms with van der Waals surface area (Å²) in [6, 6.07) is 3.48. The molecule has 0 fully saturated rings. The van der Waals surface area contributed by atoms with Crippen LogP contribution in [0.15, 0.2) is 22.8 Å². The van der Waals surface area contributed by atoms with E-state index in [4.69, 9.17) is 16.9 Å². The van der Waals surface area contributed by atoms with E-state index in [0.29, 0.717) is 0 Å². The number of rotatable bonds is 3. The maximum absolute atomic E-state index is 12.7. The van der Waals surface area contributed by atoms with Gasteiger partial charge in [0, 0.05) is 10.7 Å². The van der Waals surface area contributed by atoms with Gasteiger partial charge in [-0.2, -0.15) is 23.6 Å². The van der Waals surface area contributed by atoms with Gasteiger partial charge in [0.15, 0.2) is 0 Å². The lowest BCUT2D eigenvalue weighted by atomic mass is 10.2. The molecule has 22 heavy (non-hydrogen) atoms. The van der Waals surface area contributed by atoms with E-state index in [1.54, 1.807) is 0 Å². The Morgan fingerprint density at radius 1 is 1.45 bits per heavy atom.